The highest BCUT2D eigenvalue weighted by atomic mass is 35.5. The molecule has 0 aliphatic carbocycles. The van der Waals surface area contributed by atoms with E-state index in [-0.39, 0.29) is 0 Å². The maximum Gasteiger partial charge on any atom is 0.414 e. The molecule has 0 heterocycles. The van der Waals surface area contributed by atoms with Crippen molar-refractivity contribution in [2.75, 3.05) is 28.2 Å². The minimum atomic E-state index is -4.67. The standard InChI is InChI=1S/C6H13ClF3N2OP/c1-11(2)14(13,12(3)4)5(7)6(8,9)10/h5H,1-4H3/t5-/m0/s1. The van der Waals surface area contributed by atoms with Crippen LogP contribution in [-0.2, 0) is 4.57 Å². The Hall–Kier alpha value is 0.230. The molecule has 8 heteroatoms. The van der Waals surface area contributed by atoms with Crippen molar-refractivity contribution in [1.29, 1.82) is 0 Å². The molecule has 0 radical (unpaired) electrons. The van der Waals surface area contributed by atoms with Crippen molar-refractivity contribution in [2.24, 2.45) is 0 Å². The molecule has 3 nitrogen and oxygen atoms in total. The molecule has 86 valence electrons. The van der Waals surface area contributed by atoms with Crippen molar-refractivity contribution in [3.8, 4) is 0 Å². The first kappa shape index (κ1) is 14.2. The molecule has 0 saturated heterocycles. The largest absolute Gasteiger partial charge is 0.414 e. The smallest absolute Gasteiger partial charge is 0.287 e. The van der Waals surface area contributed by atoms with Crippen molar-refractivity contribution in [1.82, 2.24) is 9.34 Å². The summed E-state index contributed by atoms with van der Waals surface area (Å²) in [5, 5.41) is -2.38. The zero-order valence-electron chi connectivity index (χ0n) is 8.34. The second kappa shape index (κ2) is 4.39. The number of alkyl halides is 4. The first-order valence-electron chi connectivity index (χ1n) is 3.70. The summed E-state index contributed by atoms with van der Waals surface area (Å²) in [6, 6.07) is 0. The van der Waals surface area contributed by atoms with E-state index in [1.165, 1.54) is 28.2 Å². The van der Waals surface area contributed by atoms with Gasteiger partial charge in [-0.05, 0) is 28.2 Å². The Balaban J connectivity index is 5.15. The minimum absolute atomic E-state index is 1.01. The van der Waals surface area contributed by atoms with E-state index in [4.69, 9.17) is 11.6 Å². The van der Waals surface area contributed by atoms with E-state index in [1.54, 1.807) is 0 Å². The highest BCUT2D eigenvalue weighted by Gasteiger charge is 2.53. The van der Waals surface area contributed by atoms with Gasteiger partial charge in [-0.1, -0.05) is 0 Å². The number of hydrogen-bond donors (Lipinski definition) is 0. The van der Waals surface area contributed by atoms with E-state index in [9.17, 15) is 17.7 Å². The Morgan fingerprint density at radius 3 is 1.50 bits per heavy atom. The molecule has 14 heavy (non-hydrogen) atoms. The van der Waals surface area contributed by atoms with E-state index >= 15 is 0 Å². The predicted molar refractivity (Wildman–Crippen MR) is 50.7 cm³/mol. The highest BCUT2D eigenvalue weighted by molar-refractivity contribution is 7.61. The second-order valence-corrected chi connectivity index (χ2v) is 7.20. The third-order valence-electron chi connectivity index (χ3n) is 1.71. The Kier molecular flexibility index (Phi) is 4.46. The van der Waals surface area contributed by atoms with Crippen LogP contribution >= 0.6 is 19.0 Å². The van der Waals surface area contributed by atoms with Crippen LogP contribution in [0.25, 0.3) is 0 Å². The van der Waals surface area contributed by atoms with E-state index in [0.29, 0.717) is 0 Å². The molecule has 0 aliphatic heterocycles. The molecule has 0 aromatic heterocycles. The van der Waals surface area contributed by atoms with Crippen molar-refractivity contribution < 1.29 is 17.7 Å². The van der Waals surface area contributed by atoms with Crippen LogP contribution in [-0.4, -0.2) is 48.8 Å². The van der Waals surface area contributed by atoms with Gasteiger partial charge >= 0.3 is 6.18 Å². The summed E-state index contributed by atoms with van der Waals surface area (Å²) in [4.78, 5) is 0. The molecule has 0 bridgehead atoms. The quantitative estimate of drug-likeness (QED) is 0.569. The first-order valence-corrected chi connectivity index (χ1v) is 5.82. The first-order chi connectivity index (χ1) is 6.04. The monoisotopic (exact) mass is 252 g/mol. The average Bonchev–Trinajstić information content (AvgIpc) is 1.99. The van der Waals surface area contributed by atoms with Crippen LogP contribution in [0.5, 0.6) is 0 Å². The molecule has 0 aliphatic rings. The lowest BCUT2D eigenvalue weighted by molar-refractivity contribution is -0.117. The summed E-state index contributed by atoms with van der Waals surface area (Å²) in [5.74, 6) is 0. The zero-order valence-corrected chi connectivity index (χ0v) is 9.99. The average molecular weight is 253 g/mol. The van der Waals surface area contributed by atoms with Crippen LogP contribution in [0.15, 0.2) is 0 Å². The lowest BCUT2D eigenvalue weighted by atomic mass is 10.8. The van der Waals surface area contributed by atoms with Gasteiger partial charge in [0, 0.05) is 0 Å². The van der Waals surface area contributed by atoms with Gasteiger partial charge in [0.05, 0.1) is 0 Å². The summed E-state index contributed by atoms with van der Waals surface area (Å²) in [6.07, 6.45) is -4.67. The van der Waals surface area contributed by atoms with Crippen molar-refractivity contribution in [3.63, 3.8) is 0 Å². The third kappa shape index (κ3) is 2.63. The predicted octanol–water partition coefficient (Wildman–Crippen LogP) is 2.43. The van der Waals surface area contributed by atoms with Crippen LogP contribution < -0.4 is 0 Å². The van der Waals surface area contributed by atoms with Crippen LogP contribution in [0.4, 0.5) is 13.2 Å². The number of nitrogens with zero attached hydrogens (tertiary/aromatic N) is 2. The maximum absolute atomic E-state index is 12.3. The summed E-state index contributed by atoms with van der Waals surface area (Å²) < 4.78 is 50.9. The number of hydrogen-bond acceptors (Lipinski definition) is 1. The minimum Gasteiger partial charge on any atom is -0.287 e. The lowest BCUT2D eigenvalue weighted by Gasteiger charge is -2.34. The topological polar surface area (TPSA) is 23.6 Å². The summed E-state index contributed by atoms with van der Waals surface area (Å²) >= 11 is 5.18. The third-order valence-corrected chi connectivity index (χ3v) is 5.90. The highest BCUT2D eigenvalue weighted by Crippen LogP contribution is 2.60. The van der Waals surface area contributed by atoms with Gasteiger partial charge in [-0.25, -0.2) is 9.34 Å². The molecular weight excluding hydrogens is 239 g/mol. The van der Waals surface area contributed by atoms with Crippen LogP contribution in [0.3, 0.4) is 0 Å². The van der Waals surface area contributed by atoms with Gasteiger partial charge in [-0.2, -0.15) is 13.2 Å². The fourth-order valence-electron chi connectivity index (χ4n) is 0.954. The molecule has 0 amide bonds. The fraction of sp³-hybridized carbons (Fsp3) is 1.00. The molecule has 0 saturated carbocycles. The Labute approximate surface area is 86.3 Å². The van der Waals surface area contributed by atoms with Gasteiger partial charge in [0.15, 0.2) is 0 Å². The van der Waals surface area contributed by atoms with Gasteiger partial charge in [0.25, 0.3) is 0 Å². The number of rotatable bonds is 3. The van der Waals surface area contributed by atoms with Crippen LogP contribution in [0.2, 0.25) is 0 Å². The molecule has 0 spiro atoms. The van der Waals surface area contributed by atoms with Crippen molar-refractivity contribution >= 4 is 19.0 Å². The maximum atomic E-state index is 12.3. The normalized spacial score (nSPS) is 16.4. The summed E-state index contributed by atoms with van der Waals surface area (Å²) in [7, 11) is 1.46. The lowest BCUT2D eigenvalue weighted by Crippen LogP contribution is -2.34. The molecule has 0 aromatic rings. The molecule has 1 atom stereocenters. The Bertz CT molecular complexity index is 232. The van der Waals surface area contributed by atoms with E-state index in [2.05, 4.69) is 0 Å². The molecule has 0 N–H and O–H groups in total. The van der Waals surface area contributed by atoms with Crippen molar-refractivity contribution in [3.05, 3.63) is 0 Å². The Morgan fingerprint density at radius 1 is 1.14 bits per heavy atom. The van der Waals surface area contributed by atoms with Gasteiger partial charge in [-0.15, -0.1) is 11.6 Å². The molecular formula is C6H13ClF3N2OP. The molecule has 0 aromatic carbocycles. The zero-order chi connectivity index (χ0) is 11.7. The van der Waals surface area contributed by atoms with Crippen LogP contribution in [0.1, 0.15) is 0 Å². The van der Waals surface area contributed by atoms with E-state index < -0.39 is 18.7 Å². The van der Waals surface area contributed by atoms with Gasteiger partial charge in [0.2, 0.25) is 12.6 Å². The Morgan fingerprint density at radius 2 is 1.43 bits per heavy atom. The van der Waals surface area contributed by atoms with Gasteiger partial charge in [-0.3, -0.25) is 4.57 Å². The van der Waals surface area contributed by atoms with Crippen molar-refractivity contribution in [2.45, 2.75) is 11.3 Å². The molecule has 0 unspecified atom stereocenters. The fourth-order valence-corrected chi connectivity index (χ4v) is 3.91. The molecule has 0 fully saturated rings. The van der Waals surface area contributed by atoms with Gasteiger partial charge < -0.3 is 0 Å². The summed E-state index contributed by atoms with van der Waals surface area (Å²) in [5.41, 5.74) is 0. The SMILES string of the molecule is CN(C)P(=O)([C@H](Cl)C(F)(F)F)N(C)C. The van der Waals surface area contributed by atoms with E-state index in [1.807, 2.05) is 0 Å². The van der Waals surface area contributed by atoms with E-state index in [0.717, 1.165) is 9.34 Å². The summed E-state index contributed by atoms with van der Waals surface area (Å²) in [6.45, 7) is 0. The number of halogens is 4. The van der Waals surface area contributed by atoms with Crippen LogP contribution in [0, 0.1) is 0 Å². The second-order valence-electron chi connectivity index (χ2n) is 3.16. The molecule has 0 rings (SSSR count). The van der Waals surface area contributed by atoms with Gasteiger partial charge in [0.1, 0.15) is 0 Å².